The number of aromatic nitrogens is 1. The van der Waals surface area contributed by atoms with Gasteiger partial charge in [-0.1, -0.05) is 54.6 Å². The summed E-state index contributed by atoms with van der Waals surface area (Å²) in [5, 5.41) is 2.95. The molecule has 0 saturated carbocycles. The third-order valence-electron chi connectivity index (χ3n) is 5.22. The van der Waals surface area contributed by atoms with E-state index >= 15 is 0 Å². The first-order chi connectivity index (χ1) is 16.2. The van der Waals surface area contributed by atoms with Crippen molar-refractivity contribution in [2.45, 2.75) is 19.3 Å². The number of nitrogens with zero attached hydrogens (tertiary/aromatic N) is 1. The van der Waals surface area contributed by atoms with Crippen molar-refractivity contribution >= 4 is 11.5 Å². The zero-order chi connectivity index (χ0) is 23.3. The molecule has 1 heterocycles. The van der Waals surface area contributed by atoms with Crippen molar-refractivity contribution in [1.29, 1.82) is 0 Å². The molecule has 0 aliphatic rings. The molecule has 1 N–H and O–H groups in total. The van der Waals surface area contributed by atoms with Gasteiger partial charge in [-0.15, -0.1) is 0 Å². The van der Waals surface area contributed by atoms with Gasteiger partial charge in [0.1, 0.15) is 11.5 Å². The average molecular weight is 443 g/mol. The van der Waals surface area contributed by atoms with E-state index in [0.29, 0.717) is 6.54 Å². The summed E-state index contributed by atoms with van der Waals surface area (Å²) >= 11 is 0. The van der Waals surface area contributed by atoms with Crippen molar-refractivity contribution in [2.24, 2.45) is 0 Å². The molecule has 170 valence electrons. The van der Waals surface area contributed by atoms with Gasteiger partial charge in [0.25, 0.3) is 0 Å². The molecular formula is C28H30N2O3. The molecule has 0 aliphatic carbocycles. The lowest BCUT2D eigenvalue weighted by Gasteiger charge is -2.15. The largest absolute Gasteiger partial charge is 0.496 e. The summed E-state index contributed by atoms with van der Waals surface area (Å²) in [6.07, 6.45) is 11.8. The van der Waals surface area contributed by atoms with Crippen LogP contribution in [0, 0.1) is 0 Å². The predicted molar refractivity (Wildman–Crippen MR) is 132 cm³/mol. The maximum absolute atomic E-state index is 12.3. The highest BCUT2D eigenvalue weighted by Gasteiger charge is 2.13. The minimum atomic E-state index is -0.118. The minimum absolute atomic E-state index is 0.118. The van der Waals surface area contributed by atoms with E-state index in [1.54, 1.807) is 32.6 Å². The van der Waals surface area contributed by atoms with Crippen LogP contribution < -0.4 is 14.8 Å². The number of carbonyl (C=O) groups is 1. The maximum atomic E-state index is 12.3. The van der Waals surface area contributed by atoms with Crippen molar-refractivity contribution in [3.05, 3.63) is 108 Å². The fraction of sp³-hybridized carbons (Fsp3) is 0.214. The topological polar surface area (TPSA) is 60.5 Å². The molecule has 3 rings (SSSR count). The number of allylic oxidation sites excluding steroid dienone is 2. The molecule has 0 fully saturated rings. The first kappa shape index (κ1) is 23.8. The van der Waals surface area contributed by atoms with Crippen LogP contribution in [0.15, 0.2) is 91.3 Å². The Kier molecular flexibility index (Phi) is 9.28. The van der Waals surface area contributed by atoms with E-state index in [9.17, 15) is 4.79 Å². The van der Waals surface area contributed by atoms with E-state index < -0.39 is 0 Å². The van der Waals surface area contributed by atoms with Gasteiger partial charge in [-0.3, -0.25) is 9.78 Å². The number of unbranched alkanes of at least 4 members (excludes halogenated alkanes) is 1. The van der Waals surface area contributed by atoms with E-state index in [4.69, 9.17) is 9.47 Å². The lowest BCUT2D eigenvalue weighted by atomic mass is 9.95. The highest BCUT2D eigenvalue weighted by atomic mass is 16.5. The van der Waals surface area contributed by atoms with Crippen molar-refractivity contribution < 1.29 is 14.3 Å². The number of nitrogens with one attached hydrogen (secondary N) is 1. The lowest BCUT2D eigenvalue weighted by molar-refractivity contribution is -0.116. The molecule has 0 bridgehead atoms. The Hall–Kier alpha value is -3.86. The standard InChI is InChI=1S/C28H30N2O3/c1-32-26-16-5-3-13-24(26)23(25-14-4-6-17-27(25)33-2)15-9-18-28(31)30-20-8-7-11-22-12-10-19-29-21-22/h3-6,9-10,12-19,21H,7-8,11,20H2,1-2H3,(H,30,31). The summed E-state index contributed by atoms with van der Waals surface area (Å²) in [5.41, 5.74) is 3.97. The first-order valence-corrected chi connectivity index (χ1v) is 11.0. The van der Waals surface area contributed by atoms with Gasteiger partial charge in [0, 0.05) is 36.1 Å². The summed E-state index contributed by atoms with van der Waals surface area (Å²) in [6, 6.07) is 19.6. The van der Waals surface area contributed by atoms with Gasteiger partial charge in [-0.05, 0) is 48.6 Å². The Morgan fingerprint density at radius 3 is 2.18 bits per heavy atom. The van der Waals surface area contributed by atoms with Gasteiger partial charge in [0.15, 0.2) is 0 Å². The van der Waals surface area contributed by atoms with Crippen molar-refractivity contribution in [3.63, 3.8) is 0 Å². The second-order valence-corrected chi connectivity index (χ2v) is 7.45. The number of amides is 1. The lowest BCUT2D eigenvalue weighted by Crippen LogP contribution is -2.22. The third-order valence-corrected chi connectivity index (χ3v) is 5.22. The van der Waals surface area contributed by atoms with E-state index in [2.05, 4.69) is 16.4 Å². The quantitative estimate of drug-likeness (QED) is 0.251. The highest BCUT2D eigenvalue weighted by molar-refractivity contribution is 5.90. The zero-order valence-corrected chi connectivity index (χ0v) is 19.2. The zero-order valence-electron chi connectivity index (χ0n) is 19.2. The monoisotopic (exact) mass is 442 g/mol. The average Bonchev–Trinajstić information content (AvgIpc) is 2.87. The molecule has 5 heteroatoms. The van der Waals surface area contributed by atoms with Gasteiger partial charge in [0.05, 0.1) is 14.2 Å². The van der Waals surface area contributed by atoms with Gasteiger partial charge >= 0.3 is 0 Å². The Labute approximate surface area is 195 Å². The molecule has 0 spiro atoms. The Morgan fingerprint density at radius 1 is 0.909 bits per heavy atom. The van der Waals surface area contributed by atoms with E-state index in [1.807, 2.05) is 66.9 Å². The number of methoxy groups -OCH3 is 2. The second-order valence-electron chi connectivity index (χ2n) is 7.45. The molecule has 0 aliphatic heterocycles. The summed E-state index contributed by atoms with van der Waals surface area (Å²) in [6.45, 7) is 0.638. The second kappa shape index (κ2) is 12.9. The number of aryl methyl sites for hydroxylation is 1. The first-order valence-electron chi connectivity index (χ1n) is 11.0. The van der Waals surface area contributed by atoms with Crippen molar-refractivity contribution in [2.75, 3.05) is 20.8 Å². The van der Waals surface area contributed by atoms with E-state index in [-0.39, 0.29) is 5.91 Å². The number of ether oxygens (including phenoxy) is 2. The molecule has 0 radical (unpaired) electrons. The van der Waals surface area contributed by atoms with Crippen molar-refractivity contribution in [1.82, 2.24) is 10.3 Å². The van der Waals surface area contributed by atoms with Crippen LogP contribution in [0.2, 0.25) is 0 Å². The molecule has 1 amide bonds. The summed E-state index contributed by atoms with van der Waals surface area (Å²) < 4.78 is 11.1. The smallest absolute Gasteiger partial charge is 0.243 e. The van der Waals surface area contributed by atoms with Crippen LogP contribution >= 0.6 is 0 Å². The van der Waals surface area contributed by atoms with E-state index in [0.717, 1.165) is 47.5 Å². The number of pyridine rings is 1. The Bertz CT molecular complexity index is 1040. The fourth-order valence-electron chi connectivity index (χ4n) is 3.56. The van der Waals surface area contributed by atoms with Crippen LogP contribution in [0.1, 0.15) is 29.5 Å². The number of hydrogen-bond acceptors (Lipinski definition) is 4. The van der Waals surface area contributed by atoms with Gasteiger partial charge in [0.2, 0.25) is 5.91 Å². The van der Waals surface area contributed by atoms with E-state index in [1.165, 1.54) is 5.56 Å². The number of benzene rings is 2. The molecule has 0 unspecified atom stereocenters. The van der Waals surface area contributed by atoms with Crippen LogP contribution in [-0.2, 0) is 11.2 Å². The summed E-state index contributed by atoms with van der Waals surface area (Å²) in [4.78, 5) is 16.4. The fourth-order valence-corrected chi connectivity index (χ4v) is 3.56. The van der Waals surface area contributed by atoms with Crippen LogP contribution in [0.3, 0.4) is 0 Å². The van der Waals surface area contributed by atoms with Crippen LogP contribution in [0.5, 0.6) is 11.5 Å². The van der Waals surface area contributed by atoms with Gasteiger partial charge < -0.3 is 14.8 Å². The SMILES string of the molecule is COc1ccccc1C(=CC=CC(=O)NCCCCc1cccnc1)c1ccccc1OC. The molecule has 0 saturated heterocycles. The Balaban J connectivity index is 1.66. The van der Waals surface area contributed by atoms with Crippen LogP contribution in [0.25, 0.3) is 5.57 Å². The number of carbonyl (C=O) groups excluding carboxylic acids is 1. The highest BCUT2D eigenvalue weighted by Crippen LogP contribution is 2.35. The summed E-state index contributed by atoms with van der Waals surface area (Å²) in [5.74, 6) is 1.38. The van der Waals surface area contributed by atoms with Crippen molar-refractivity contribution in [3.8, 4) is 11.5 Å². The molecule has 1 aromatic heterocycles. The predicted octanol–water partition coefficient (Wildman–Crippen LogP) is 5.23. The molecular weight excluding hydrogens is 412 g/mol. The number of rotatable bonds is 11. The van der Waals surface area contributed by atoms with Crippen LogP contribution in [-0.4, -0.2) is 31.7 Å². The van der Waals surface area contributed by atoms with Gasteiger partial charge in [-0.2, -0.15) is 0 Å². The normalized spacial score (nSPS) is 10.6. The number of para-hydroxylation sites is 2. The maximum Gasteiger partial charge on any atom is 0.243 e. The number of hydrogen-bond donors (Lipinski definition) is 1. The van der Waals surface area contributed by atoms with Gasteiger partial charge in [-0.25, -0.2) is 0 Å². The molecule has 33 heavy (non-hydrogen) atoms. The summed E-state index contributed by atoms with van der Waals surface area (Å²) in [7, 11) is 3.30. The minimum Gasteiger partial charge on any atom is -0.496 e. The molecule has 0 atom stereocenters. The molecule has 2 aromatic carbocycles. The molecule has 3 aromatic rings. The van der Waals surface area contributed by atoms with Crippen LogP contribution in [0.4, 0.5) is 0 Å². The third kappa shape index (κ3) is 7.07. The Morgan fingerprint density at radius 2 is 1.58 bits per heavy atom. The molecule has 5 nitrogen and oxygen atoms in total.